The first-order chi connectivity index (χ1) is 9.61. The highest BCUT2D eigenvalue weighted by molar-refractivity contribution is 7.90. The number of benzene rings is 1. The molecule has 0 aromatic heterocycles. The van der Waals surface area contributed by atoms with E-state index in [1.54, 1.807) is 26.0 Å². The maximum absolute atomic E-state index is 11.9. The van der Waals surface area contributed by atoms with Crippen LogP contribution in [0.1, 0.15) is 32.4 Å². The van der Waals surface area contributed by atoms with Crippen molar-refractivity contribution < 1.29 is 18.0 Å². The highest BCUT2D eigenvalue weighted by Crippen LogP contribution is 2.16. The third-order valence-electron chi connectivity index (χ3n) is 2.98. The molecule has 0 aliphatic rings. The van der Waals surface area contributed by atoms with Crippen molar-refractivity contribution in [3.8, 4) is 0 Å². The number of rotatable bonds is 5. The van der Waals surface area contributed by atoms with E-state index in [-0.39, 0.29) is 22.8 Å². The molecule has 7 heteroatoms. The number of nitrogens with one attached hydrogen (secondary N) is 2. The van der Waals surface area contributed by atoms with Crippen LogP contribution in [0.5, 0.6) is 0 Å². The molecule has 1 rings (SSSR count). The van der Waals surface area contributed by atoms with E-state index in [2.05, 4.69) is 10.6 Å². The van der Waals surface area contributed by atoms with E-state index in [0.29, 0.717) is 0 Å². The van der Waals surface area contributed by atoms with Crippen molar-refractivity contribution in [1.82, 2.24) is 10.6 Å². The van der Waals surface area contributed by atoms with Gasteiger partial charge in [0.2, 0.25) is 11.8 Å². The van der Waals surface area contributed by atoms with Gasteiger partial charge in [-0.25, -0.2) is 8.42 Å². The van der Waals surface area contributed by atoms with Crippen molar-refractivity contribution in [2.45, 2.75) is 37.8 Å². The molecule has 0 radical (unpaired) electrons. The van der Waals surface area contributed by atoms with Gasteiger partial charge in [0.15, 0.2) is 9.84 Å². The Morgan fingerprint density at radius 3 is 2.00 bits per heavy atom. The molecule has 2 unspecified atom stereocenters. The van der Waals surface area contributed by atoms with Gasteiger partial charge in [-0.1, -0.05) is 12.1 Å². The van der Waals surface area contributed by atoms with Crippen molar-refractivity contribution in [1.29, 1.82) is 0 Å². The van der Waals surface area contributed by atoms with Crippen LogP contribution in [0.2, 0.25) is 0 Å². The molecule has 0 aliphatic carbocycles. The van der Waals surface area contributed by atoms with Gasteiger partial charge in [-0.3, -0.25) is 9.59 Å². The van der Waals surface area contributed by atoms with E-state index in [1.165, 1.54) is 19.1 Å². The summed E-state index contributed by atoms with van der Waals surface area (Å²) in [5, 5.41) is 5.25. The summed E-state index contributed by atoms with van der Waals surface area (Å²) >= 11 is 0. The second kappa shape index (κ2) is 6.71. The van der Waals surface area contributed by atoms with Gasteiger partial charge in [0.25, 0.3) is 0 Å². The Balaban J connectivity index is 2.74. The number of carbonyl (C=O) groups is 2. The predicted octanol–water partition coefficient (Wildman–Crippen LogP) is 0.792. The summed E-state index contributed by atoms with van der Waals surface area (Å²) in [4.78, 5) is 23.0. The van der Waals surface area contributed by atoms with Gasteiger partial charge >= 0.3 is 0 Å². The molecule has 6 nitrogen and oxygen atoms in total. The van der Waals surface area contributed by atoms with Gasteiger partial charge in [0.1, 0.15) is 6.04 Å². The normalized spacial score (nSPS) is 14.1. The Morgan fingerprint density at radius 2 is 1.57 bits per heavy atom. The Hall–Kier alpha value is -1.89. The van der Waals surface area contributed by atoms with E-state index in [1.807, 2.05) is 0 Å². The van der Waals surface area contributed by atoms with Crippen LogP contribution in [0.4, 0.5) is 0 Å². The first kappa shape index (κ1) is 17.2. The summed E-state index contributed by atoms with van der Waals surface area (Å²) < 4.78 is 22.7. The summed E-state index contributed by atoms with van der Waals surface area (Å²) in [5.41, 5.74) is 0.783. The van der Waals surface area contributed by atoms with E-state index >= 15 is 0 Å². The predicted molar refractivity (Wildman–Crippen MR) is 79.4 cm³/mol. The van der Waals surface area contributed by atoms with Crippen LogP contribution in [-0.4, -0.2) is 32.5 Å². The van der Waals surface area contributed by atoms with Crippen LogP contribution in [0, 0.1) is 0 Å². The van der Waals surface area contributed by atoms with Gasteiger partial charge in [0, 0.05) is 13.2 Å². The van der Waals surface area contributed by atoms with Crippen molar-refractivity contribution in [2.75, 3.05) is 6.26 Å². The standard InChI is InChI=1S/C14H20N2O4S/c1-9(16-14(18)10(2)15-11(3)17)12-5-7-13(8-6-12)21(4,19)20/h5-10H,1-4H3,(H,15,17)(H,16,18). The molecule has 0 heterocycles. The molecule has 0 spiro atoms. The maximum Gasteiger partial charge on any atom is 0.242 e. The molecule has 1 aromatic carbocycles. The minimum Gasteiger partial charge on any atom is -0.348 e. The number of amides is 2. The molecule has 1 aromatic rings. The summed E-state index contributed by atoms with van der Waals surface area (Å²) in [6, 6.07) is 5.41. The second-order valence-corrected chi connectivity index (χ2v) is 7.01. The molecular formula is C14H20N2O4S. The topological polar surface area (TPSA) is 92.3 Å². The average molecular weight is 312 g/mol. The molecule has 0 aliphatic heterocycles. The number of sulfone groups is 1. The quantitative estimate of drug-likeness (QED) is 0.841. The van der Waals surface area contributed by atoms with Gasteiger partial charge < -0.3 is 10.6 Å². The summed E-state index contributed by atoms with van der Waals surface area (Å²) in [7, 11) is -3.23. The second-order valence-electron chi connectivity index (χ2n) is 4.99. The zero-order valence-electron chi connectivity index (χ0n) is 12.5. The van der Waals surface area contributed by atoms with E-state index in [0.717, 1.165) is 11.8 Å². The van der Waals surface area contributed by atoms with Crippen LogP contribution in [0.25, 0.3) is 0 Å². The third kappa shape index (κ3) is 5.18. The highest BCUT2D eigenvalue weighted by Gasteiger charge is 2.17. The summed E-state index contributed by atoms with van der Waals surface area (Å²) in [5.74, 6) is -0.576. The lowest BCUT2D eigenvalue weighted by atomic mass is 10.1. The molecular weight excluding hydrogens is 292 g/mol. The minimum absolute atomic E-state index is 0.233. The van der Waals surface area contributed by atoms with Gasteiger partial charge in [-0.2, -0.15) is 0 Å². The number of hydrogen-bond acceptors (Lipinski definition) is 4. The van der Waals surface area contributed by atoms with Crippen LogP contribution in [0.15, 0.2) is 29.2 Å². The summed E-state index contributed by atoms with van der Waals surface area (Å²) in [6.45, 7) is 4.72. The zero-order chi connectivity index (χ0) is 16.2. The largest absolute Gasteiger partial charge is 0.348 e. The fourth-order valence-electron chi connectivity index (χ4n) is 1.80. The lowest BCUT2D eigenvalue weighted by molar-refractivity contribution is -0.128. The Bertz CT molecular complexity index is 623. The lowest BCUT2D eigenvalue weighted by Crippen LogP contribution is -2.44. The smallest absolute Gasteiger partial charge is 0.242 e. The molecule has 116 valence electrons. The maximum atomic E-state index is 11.9. The zero-order valence-corrected chi connectivity index (χ0v) is 13.3. The van der Waals surface area contributed by atoms with Gasteiger partial charge in [0.05, 0.1) is 10.9 Å². The Labute approximate surface area is 124 Å². The summed E-state index contributed by atoms with van der Waals surface area (Å²) in [6.07, 6.45) is 1.14. The molecule has 2 N–H and O–H groups in total. The van der Waals surface area contributed by atoms with E-state index < -0.39 is 15.9 Å². The van der Waals surface area contributed by atoms with Gasteiger partial charge in [-0.15, -0.1) is 0 Å². The molecule has 0 bridgehead atoms. The number of hydrogen-bond donors (Lipinski definition) is 2. The molecule has 21 heavy (non-hydrogen) atoms. The molecule has 0 saturated carbocycles. The first-order valence-electron chi connectivity index (χ1n) is 6.48. The first-order valence-corrected chi connectivity index (χ1v) is 8.38. The van der Waals surface area contributed by atoms with E-state index in [4.69, 9.17) is 0 Å². The molecule has 0 fully saturated rings. The molecule has 0 saturated heterocycles. The SMILES string of the molecule is CC(=O)NC(C)C(=O)NC(C)c1ccc(S(C)(=O)=O)cc1. The van der Waals surface area contributed by atoms with Crippen LogP contribution in [0.3, 0.4) is 0 Å². The highest BCUT2D eigenvalue weighted by atomic mass is 32.2. The molecule has 2 atom stereocenters. The van der Waals surface area contributed by atoms with Crippen LogP contribution in [-0.2, 0) is 19.4 Å². The van der Waals surface area contributed by atoms with Crippen molar-refractivity contribution in [3.63, 3.8) is 0 Å². The Morgan fingerprint density at radius 1 is 1.05 bits per heavy atom. The fourth-order valence-corrected chi connectivity index (χ4v) is 2.43. The van der Waals surface area contributed by atoms with Gasteiger partial charge in [-0.05, 0) is 31.5 Å². The van der Waals surface area contributed by atoms with Crippen molar-refractivity contribution in [3.05, 3.63) is 29.8 Å². The van der Waals surface area contributed by atoms with Crippen molar-refractivity contribution >= 4 is 21.7 Å². The van der Waals surface area contributed by atoms with Crippen molar-refractivity contribution in [2.24, 2.45) is 0 Å². The third-order valence-corrected chi connectivity index (χ3v) is 4.11. The van der Waals surface area contributed by atoms with Crippen LogP contribution >= 0.6 is 0 Å². The fraction of sp³-hybridized carbons (Fsp3) is 0.429. The molecule has 2 amide bonds. The minimum atomic E-state index is -3.23. The van der Waals surface area contributed by atoms with Crippen LogP contribution < -0.4 is 10.6 Å². The monoisotopic (exact) mass is 312 g/mol. The lowest BCUT2D eigenvalue weighted by Gasteiger charge is -2.18. The van der Waals surface area contributed by atoms with E-state index in [9.17, 15) is 18.0 Å². The average Bonchev–Trinajstić information content (AvgIpc) is 2.36. The number of carbonyl (C=O) groups excluding carboxylic acids is 2. The Kier molecular flexibility index (Phi) is 5.48.